The first-order chi connectivity index (χ1) is 10.6. The molecule has 5 nitrogen and oxygen atoms in total. The van der Waals surface area contributed by atoms with Crippen molar-refractivity contribution in [2.24, 2.45) is 0 Å². The summed E-state index contributed by atoms with van der Waals surface area (Å²) in [5, 5.41) is 24.2. The minimum atomic E-state index is -0.513. The number of hydrogen-bond acceptors (Lipinski definition) is 4. The number of non-ortho nitro benzene ring substituents is 1. The lowest BCUT2D eigenvalue weighted by Crippen LogP contribution is -2.38. The van der Waals surface area contributed by atoms with E-state index in [1.807, 2.05) is 43.3 Å². The van der Waals surface area contributed by atoms with Crippen LogP contribution in [0.4, 0.5) is 5.69 Å². The number of nitro groups is 1. The predicted molar refractivity (Wildman–Crippen MR) is 85.6 cm³/mol. The van der Waals surface area contributed by atoms with Crippen molar-refractivity contribution in [2.75, 3.05) is 0 Å². The molecule has 2 rings (SSSR count). The van der Waals surface area contributed by atoms with Crippen molar-refractivity contribution in [3.05, 3.63) is 75.8 Å². The van der Waals surface area contributed by atoms with Crippen LogP contribution in [0.1, 0.15) is 18.1 Å². The number of aliphatic hydroxyl groups excluding tert-OH is 1. The van der Waals surface area contributed by atoms with E-state index in [-0.39, 0.29) is 11.7 Å². The van der Waals surface area contributed by atoms with Crippen molar-refractivity contribution in [3.8, 4) is 0 Å². The zero-order valence-electron chi connectivity index (χ0n) is 12.5. The second-order valence-corrected chi connectivity index (χ2v) is 5.35. The summed E-state index contributed by atoms with van der Waals surface area (Å²) in [4.78, 5) is 10.3. The molecule has 0 fully saturated rings. The van der Waals surface area contributed by atoms with Crippen molar-refractivity contribution in [1.82, 2.24) is 5.32 Å². The van der Waals surface area contributed by atoms with Crippen molar-refractivity contribution in [2.45, 2.75) is 32.0 Å². The van der Waals surface area contributed by atoms with E-state index in [0.29, 0.717) is 13.0 Å². The Hall–Kier alpha value is -2.24. The highest BCUT2D eigenvalue weighted by Gasteiger charge is 2.14. The van der Waals surface area contributed by atoms with Crippen molar-refractivity contribution >= 4 is 5.69 Å². The number of rotatable bonds is 7. The second-order valence-electron chi connectivity index (χ2n) is 5.35. The average Bonchev–Trinajstić information content (AvgIpc) is 2.53. The van der Waals surface area contributed by atoms with Crippen LogP contribution in [0.2, 0.25) is 0 Å². The highest BCUT2D eigenvalue weighted by molar-refractivity contribution is 5.34. The van der Waals surface area contributed by atoms with E-state index in [9.17, 15) is 15.2 Å². The highest BCUT2D eigenvalue weighted by atomic mass is 16.6. The molecular formula is C17H20N2O3. The van der Waals surface area contributed by atoms with E-state index in [0.717, 1.165) is 11.1 Å². The Morgan fingerprint density at radius 2 is 1.82 bits per heavy atom. The van der Waals surface area contributed by atoms with Crippen LogP contribution < -0.4 is 5.32 Å². The molecule has 0 amide bonds. The molecule has 2 atom stereocenters. The van der Waals surface area contributed by atoms with E-state index in [1.165, 1.54) is 6.07 Å². The standard InChI is InChI=1S/C17H20N2O3/c1-13(17(20)11-14-6-3-2-4-7-14)18-12-15-8-5-9-16(10-15)19(21)22/h2-10,13,17-18,20H,11-12H2,1H3/t13-,17-/m0/s1. The van der Waals surface area contributed by atoms with Gasteiger partial charge in [-0.2, -0.15) is 0 Å². The molecule has 0 aromatic heterocycles. The lowest BCUT2D eigenvalue weighted by Gasteiger charge is -2.20. The third-order valence-corrected chi connectivity index (χ3v) is 3.61. The van der Waals surface area contributed by atoms with Gasteiger partial charge in [-0.15, -0.1) is 0 Å². The average molecular weight is 300 g/mol. The van der Waals surface area contributed by atoms with Gasteiger partial charge >= 0.3 is 0 Å². The Morgan fingerprint density at radius 1 is 1.14 bits per heavy atom. The van der Waals surface area contributed by atoms with Gasteiger partial charge in [-0.3, -0.25) is 10.1 Å². The third-order valence-electron chi connectivity index (χ3n) is 3.61. The van der Waals surface area contributed by atoms with Gasteiger partial charge in [-0.25, -0.2) is 0 Å². The molecule has 0 bridgehead atoms. The number of hydrogen-bond donors (Lipinski definition) is 2. The number of nitrogens with one attached hydrogen (secondary N) is 1. The van der Waals surface area contributed by atoms with Crippen LogP contribution in [0.25, 0.3) is 0 Å². The molecular weight excluding hydrogens is 280 g/mol. The van der Waals surface area contributed by atoms with Crippen molar-refractivity contribution in [1.29, 1.82) is 0 Å². The van der Waals surface area contributed by atoms with E-state index in [2.05, 4.69) is 5.32 Å². The van der Waals surface area contributed by atoms with Gasteiger partial charge in [0.05, 0.1) is 11.0 Å². The predicted octanol–water partition coefficient (Wildman–Crippen LogP) is 2.68. The summed E-state index contributed by atoms with van der Waals surface area (Å²) in [6, 6.07) is 16.2. The maximum absolute atomic E-state index is 10.7. The Kier molecular flexibility index (Phi) is 5.63. The molecule has 116 valence electrons. The summed E-state index contributed by atoms with van der Waals surface area (Å²) in [7, 11) is 0. The molecule has 2 aromatic carbocycles. The molecule has 2 N–H and O–H groups in total. The van der Waals surface area contributed by atoms with Gasteiger partial charge in [0.2, 0.25) is 0 Å². The molecule has 0 radical (unpaired) electrons. The van der Waals surface area contributed by atoms with Crippen LogP contribution in [0, 0.1) is 10.1 Å². The molecule has 0 spiro atoms. The SMILES string of the molecule is C[C@H](NCc1cccc([N+](=O)[O-])c1)[C@@H](O)Cc1ccccc1. The van der Waals surface area contributed by atoms with E-state index < -0.39 is 11.0 Å². The molecule has 22 heavy (non-hydrogen) atoms. The lowest BCUT2D eigenvalue weighted by atomic mass is 10.0. The summed E-state index contributed by atoms with van der Waals surface area (Å²) < 4.78 is 0. The Morgan fingerprint density at radius 3 is 2.50 bits per heavy atom. The fourth-order valence-electron chi connectivity index (χ4n) is 2.23. The molecule has 0 saturated heterocycles. The van der Waals surface area contributed by atoms with Crippen LogP contribution >= 0.6 is 0 Å². The monoisotopic (exact) mass is 300 g/mol. The molecule has 0 aliphatic rings. The molecule has 0 saturated carbocycles. The zero-order valence-corrected chi connectivity index (χ0v) is 12.5. The minimum Gasteiger partial charge on any atom is -0.391 e. The molecule has 0 aliphatic heterocycles. The first-order valence-corrected chi connectivity index (χ1v) is 7.25. The van der Waals surface area contributed by atoms with Gasteiger partial charge in [0.1, 0.15) is 0 Å². The maximum atomic E-state index is 10.7. The van der Waals surface area contributed by atoms with Gasteiger partial charge in [-0.1, -0.05) is 42.5 Å². The van der Waals surface area contributed by atoms with Crippen LogP contribution in [-0.2, 0) is 13.0 Å². The fourth-order valence-corrected chi connectivity index (χ4v) is 2.23. The Bertz CT molecular complexity index is 616. The van der Waals surface area contributed by atoms with Gasteiger partial charge in [0.25, 0.3) is 5.69 Å². The molecule has 5 heteroatoms. The summed E-state index contributed by atoms with van der Waals surface area (Å²) in [5.74, 6) is 0. The zero-order chi connectivity index (χ0) is 15.9. The second kappa shape index (κ2) is 7.68. The summed E-state index contributed by atoms with van der Waals surface area (Å²) in [6.45, 7) is 2.39. The Labute approximate surface area is 129 Å². The number of nitro benzene ring substituents is 1. The minimum absolute atomic E-state index is 0.0804. The third kappa shape index (κ3) is 4.65. The van der Waals surface area contributed by atoms with Gasteiger partial charge < -0.3 is 10.4 Å². The largest absolute Gasteiger partial charge is 0.391 e. The number of aliphatic hydroxyl groups is 1. The van der Waals surface area contributed by atoms with Crippen LogP contribution in [0.15, 0.2) is 54.6 Å². The van der Waals surface area contributed by atoms with Crippen LogP contribution in [0.3, 0.4) is 0 Å². The molecule has 2 aromatic rings. The lowest BCUT2D eigenvalue weighted by molar-refractivity contribution is -0.384. The molecule has 0 aliphatic carbocycles. The Balaban J connectivity index is 1.88. The summed E-state index contributed by atoms with van der Waals surface area (Å²) in [6.07, 6.45) is 0.0605. The smallest absolute Gasteiger partial charge is 0.269 e. The first-order valence-electron chi connectivity index (χ1n) is 7.25. The van der Waals surface area contributed by atoms with Crippen LogP contribution in [-0.4, -0.2) is 22.2 Å². The van der Waals surface area contributed by atoms with Gasteiger partial charge in [0.15, 0.2) is 0 Å². The number of benzene rings is 2. The summed E-state index contributed by atoms with van der Waals surface area (Å²) >= 11 is 0. The molecule has 0 unspecified atom stereocenters. The van der Waals surface area contributed by atoms with Crippen molar-refractivity contribution in [3.63, 3.8) is 0 Å². The van der Waals surface area contributed by atoms with Crippen molar-refractivity contribution < 1.29 is 10.0 Å². The highest BCUT2D eigenvalue weighted by Crippen LogP contribution is 2.13. The summed E-state index contributed by atoms with van der Waals surface area (Å²) in [5.41, 5.74) is 1.99. The van der Waals surface area contributed by atoms with E-state index in [1.54, 1.807) is 12.1 Å². The normalized spacial score (nSPS) is 13.5. The van der Waals surface area contributed by atoms with E-state index >= 15 is 0 Å². The van der Waals surface area contributed by atoms with Crippen LogP contribution in [0.5, 0.6) is 0 Å². The van der Waals surface area contributed by atoms with Gasteiger partial charge in [-0.05, 0) is 24.5 Å². The van der Waals surface area contributed by atoms with E-state index in [4.69, 9.17) is 0 Å². The first kappa shape index (κ1) is 16.1. The fraction of sp³-hybridized carbons (Fsp3) is 0.294. The topological polar surface area (TPSA) is 75.4 Å². The maximum Gasteiger partial charge on any atom is 0.269 e. The molecule has 0 heterocycles. The quantitative estimate of drug-likeness (QED) is 0.609. The number of nitrogens with zero attached hydrogens (tertiary/aromatic N) is 1. The van der Waals surface area contributed by atoms with Gasteiger partial charge in [0, 0.05) is 24.7 Å².